The fraction of sp³-hybridized carbons (Fsp3) is 0.238. The second-order valence-electron chi connectivity index (χ2n) is 7.20. The highest BCUT2D eigenvalue weighted by atomic mass is 32.1. The number of anilines is 1. The first kappa shape index (κ1) is 19.6. The van der Waals surface area contributed by atoms with Crippen molar-refractivity contribution < 1.29 is 13.6 Å². The first-order chi connectivity index (χ1) is 15.0. The molecule has 0 fully saturated rings. The number of hydrogen-bond acceptors (Lipinski definition) is 5. The van der Waals surface area contributed by atoms with Crippen molar-refractivity contribution in [1.29, 1.82) is 0 Å². The number of nitrogens with one attached hydrogen (secondary N) is 1. The van der Waals surface area contributed by atoms with Crippen LogP contribution in [0.15, 0.2) is 42.7 Å². The van der Waals surface area contributed by atoms with Crippen molar-refractivity contribution in [3.63, 3.8) is 0 Å². The largest absolute Gasteiger partial charge is 0.320 e. The zero-order valence-electron chi connectivity index (χ0n) is 16.5. The van der Waals surface area contributed by atoms with E-state index in [1.54, 1.807) is 6.92 Å². The maximum atomic E-state index is 13.2. The Bertz CT molecular complexity index is 1260. The van der Waals surface area contributed by atoms with Crippen LogP contribution in [0.2, 0.25) is 0 Å². The molecule has 5 rings (SSSR count). The van der Waals surface area contributed by atoms with Crippen molar-refractivity contribution in [1.82, 2.24) is 24.3 Å². The Labute approximate surface area is 180 Å². The molecule has 3 heterocycles. The molecule has 0 bridgehead atoms. The van der Waals surface area contributed by atoms with Crippen LogP contribution in [-0.2, 0) is 12.8 Å². The molecule has 0 saturated heterocycles. The number of amides is 1. The molecule has 4 aromatic rings. The fourth-order valence-corrected chi connectivity index (χ4v) is 4.83. The molecule has 0 aliphatic heterocycles. The molecule has 1 aromatic carbocycles. The number of hydrogen-bond donors (Lipinski definition) is 1. The van der Waals surface area contributed by atoms with Crippen molar-refractivity contribution in [3.8, 4) is 16.4 Å². The van der Waals surface area contributed by atoms with E-state index in [-0.39, 0.29) is 11.7 Å². The number of imidazole rings is 1. The van der Waals surface area contributed by atoms with Crippen LogP contribution >= 0.6 is 11.3 Å². The minimum absolute atomic E-state index is 0.125. The Morgan fingerprint density at radius 1 is 1.23 bits per heavy atom. The Kier molecular flexibility index (Phi) is 4.85. The summed E-state index contributed by atoms with van der Waals surface area (Å²) >= 11 is 1.11. The summed E-state index contributed by atoms with van der Waals surface area (Å²) in [7, 11) is 0. The molecule has 0 unspecified atom stereocenters. The van der Waals surface area contributed by atoms with Crippen LogP contribution in [0.3, 0.4) is 0 Å². The number of para-hydroxylation sites is 1. The van der Waals surface area contributed by atoms with E-state index < -0.39 is 6.55 Å². The molecule has 31 heavy (non-hydrogen) atoms. The third-order valence-corrected chi connectivity index (χ3v) is 6.31. The summed E-state index contributed by atoms with van der Waals surface area (Å²) < 4.78 is 29.0. The minimum Gasteiger partial charge on any atom is -0.296 e. The Balaban J connectivity index is 1.45. The molecule has 0 saturated carbocycles. The maximum absolute atomic E-state index is 13.2. The summed E-state index contributed by atoms with van der Waals surface area (Å²) in [6.07, 6.45) is 5.16. The first-order valence-electron chi connectivity index (χ1n) is 9.79. The normalized spacial score (nSPS) is 13.0. The molecule has 10 heteroatoms. The summed E-state index contributed by atoms with van der Waals surface area (Å²) in [6.45, 7) is -1.00. The van der Waals surface area contributed by atoms with Gasteiger partial charge in [-0.05, 0) is 38.3 Å². The highest BCUT2D eigenvalue weighted by Crippen LogP contribution is 2.34. The lowest BCUT2D eigenvalue weighted by Gasteiger charge is -2.04. The second-order valence-corrected chi connectivity index (χ2v) is 8.20. The van der Waals surface area contributed by atoms with E-state index in [0.717, 1.165) is 52.1 Å². The lowest BCUT2D eigenvalue weighted by molar-refractivity contribution is 0.0720. The molecular weight excluding hydrogens is 422 g/mol. The van der Waals surface area contributed by atoms with Gasteiger partial charge in [0.2, 0.25) is 0 Å². The average Bonchev–Trinajstić information content (AvgIpc) is 3.52. The molecule has 1 N–H and O–H groups in total. The molecule has 0 radical (unpaired) electrons. The van der Waals surface area contributed by atoms with Crippen LogP contribution in [0, 0.1) is 6.92 Å². The number of carbonyl (C=O) groups excluding carboxylic acids is 1. The minimum atomic E-state index is -2.71. The topological polar surface area (TPSA) is 77.6 Å². The molecule has 158 valence electrons. The van der Waals surface area contributed by atoms with E-state index in [2.05, 4.69) is 20.4 Å². The van der Waals surface area contributed by atoms with Crippen molar-refractivity contribution in [2.75, 3.05) is 5.32 Å². The first-order valence-corrected chi connectivity index (χ1v) is 10.6. The maximum Gasteiger partial charge on any atom is 0.320 e. The zero-order valence-corrected chi connectivity index (χ0v) is 17.4. The Morgan fingerprint density at radius 2 is 2.03 bits per heavy atom. The van der Waals surface area contributed by atoms with Gasteiger partial charge in [0.1, 0.15) is 0 Å². The Morgan fingerprint density at radius 3 is 2.81 bits per heavy atom. The average molecular weight is 440 g/mol. The number of rotatable bonds is 5. The van der Waals surface area contributed by atoms with Gasteiger partial charge in [-0.25, -0.2) is 14.6 Å². The van der Waals surface area contributed by atoms with Gasteiger partial charge in [-0.1, -0.05) is 29.5 Å². The van der Waals surface area contributed by atoms with Gasteiger partial charge >= 0.3 is 6.55 Å². The lowest BCUT2D eigenvalue weighted by atomic mass is 10.2. The van der Waals surface area contributed by atoms with E-state index in [4.69, 9.17) is 0 Å². The lowest BCUT2D eigenvalue weighted by Crippen LogP contribution is -2.14. The smallest absolute Gasteiger partial charge is 0.296 e. The van der Waals surface area contributed by atoms with Crippen LogP contribution < -0.4 is 5.32 Å². The van der Waals surface area contributed by atoms with Gasteiger partial charge in [-0.2, -0.15) is 13.9 Å². The van der Waals surface area contributed by atoms with E-state index >= 15 is 0 Å². The molecule has 0 spiro atoms. The third-order valence-electron chi connectivity index (χ3n) is 5.25. The van der Waals surface area contributed by atoms with Gasteiger partial charge in [0, 0.05) is 23.7 Å². The van der Waals surface area contributed by atoms with Crippen molar-refractivity contribution in [2.45, 2.75) is 32.7 Å². The number of fused-ring (bicyclic) bond motifs is 1. The van der Waals surface area contributed by atoms with Gasteiger partial charge < -0.3 is 0 Å². The number of benzene rings is 1. The number of aromatic nitrogens is 5. The molecule has 7 nitrogen and oxygen atoms in total. The molecule has 3 aromatic heterocycles. The third kappa shape index (κ3) is 3.42. The summed E-state index contributed by atoms with van der Waals surface area (Å²) in [6, 6.07) is 9.70. The summed E-state index contributed by atoms with van der Waals surface area (Å²) in [5.74, 6) is -0.231. The van der Waals surface area contributed by atoms with Crippen LogP contribution in [0.1, 0.15) is 40.4 Å². The van der Waals surface area contributed by atoms with Crippen molar-refractivity contribution >= 4 is 22.4 Å². The monoisotopic (exact) mass is 440 g/mol. The van der Waals surface area contributed by atoms with Gasteiger partial charge in [-0.15, -0.1) is 0 Å². The summed E-state index contributed by atoms with van der Waals surface area (Å²) in [5, 5.41) is 7.69. The van der Waals surface area contributed by atoms with Gasteiger partial charge in [0.25, 0.3) is 5.91 Å². The van der Waals surface area contributed by atoms with Crippen LogP contribution in [0.25, 0.3) is 16.4 Å². The number of nitrogens with zero attached hydrogens (tertiary/aromatic N) is 5. The number of thiazole rings is 1. The SMILES string of the molecule is Cc1nc(NC(=O)c2nn(-c3ccccc3)c3c2CCC3)sc1-c1nccn1C(F)F. The van der Waals surface area contributed by atoms with E-state index in [1.165, 1.54) is 12.4 Å². The van der Waals surface area contributed by atoms with E-state index in [9.17, 15) is 13.6 Å². The molecule has 0 atom stereocenters. The molecule has 1 amide bonds. The van der Waals surface area contributed by atoms with Crippen LogP contribution in [0.5, 0.6) is 0 Å². The summed E-state index contributed by atoms with van der Waals surface area (Å²) in [5.41, 5.74) is 3.80. The van der Waals surface area contributed by atoms with Crippen LogP contribution in [0.4, 0.5) is 13.9 Å². The van der Waals surface area contributed by atoms with E-state index in [1.807, 2.05) is 35.0 Å². The highest BCUT2D eigenvalue weighted by Gasteiger charge is 2.28. The Hall–Kier alpha value is -3.40. The second kappa shape index (κ2) is 7.69. The fourth-order valence-electron chi connectivity index (χ4n) is 3.86. The highest BCUT2D eigenvalue weighted by molar-refractivity contribution is 7.19. The van der Waals surface area contributed by atoms with Gasteiger partial charge in [0.15, 0.2) is 16.6 Å². The van der Waals surface area contributed by atoms with E-state index in [0.29, 0.717) is 21.4 Å². The standard InChI is InChI=1S/C21H18F2N6OS/c1-12-17(18-24-10-11-28(18)20(22)23)31-21(25-12)26-19(30)16-14-8-5-9-15(14)29(27-16)13-6-3-2-4-7-13/h2-4,6-7,10-11,20H,5,8-9H2,1H3,(H,25,26,30). The van der Waals surface area contributed by atoms with Crippen molar-refractivity contribution in [2.24, 2.45) is 0 Å². The number of aryl methyl sites for hydroxylation is 1. The molecule has 1 aliphatic carbocycles. The number of carbonyl (C=O) groups is 1. The predicted molar refractivity (Wildman–Crippen MR) is 113 cm³/mol. The zero-order chi connectivity index (χ0) is 21.5. The number of halogens is 2. The summed E-state index contributed by atoms with van der Waals surface area (Å²) in [4.78, 5) is 21.9. The predicted octanol–water partition coefficient (Wildman–Crippen LogP) is 4.64. The van der Waals surface area contributed by atoms with Gasteiger partial charge in [-0.3, -0.25) is 14.7 Å². The molecule has 1 aliphatic rings. The quantitative estimate of drug-likeness (QED) is 0.491. The number of alkyl halides is 2. The van der Waals surface area contributed by atoms with Crippen molar-refractivity contribution in [3.05, 3.63) is 65.4 Å². The van der Waals surface area contributed by atoms with Crippen LogP contribution in [-0.4, -0.2) is 30.2 Å². The molecular formula is C21H18F2N6OS. The van der Waals surface area contributed by atoms with Gasteiger partial charge in [0.05, 0.1) is 16.3 Å².